The molecule has 0 aliphatic heterocycles. The molecule has 0 aliphatic rings. The zero-order valence-electron chi connectivity index (χ0n) is 3.63. The Hall–Kier alpha value is 1.99. The summed E-state index contributed by atoms with van der Waals surface area (Å²) in [6.45, 7) is 0. The van der Waals surface area contributed by atoms with Crippen molar-refractivity contribution in [3.63, 3.8) is 0 Å². The quantitative estimate of drug-likeness (QED) is 0.460. The molecule has 0 aromatic heterocycles. The Morgan fingerprint density at radius 3 is 2.43 bits per heavy atom. The van der Waals surface area contributed by atoms with Gasteiger partial charge in [0.25, 0.3) is 0 Å². The second-order valence-electron chi connectivity index (χ2n) is 0.971. The van der Waals surface area contributed by atoms with E-state index in [9.17, 15) is 0 Å². The summed E-state index contributed by atoms with van der Waals surface area (Å²) in [6, 6.07) is 0. The molecular weight excluding hydrogens is 434 g/mol. The molecular formula is C3H3Cl2HgI. The van der Waals surface area contributed by atoms with E-state index in [1.165, 1.54) is 3.93 Å². The topological polar surface area (TPSA) is 0 Å². The van der Waals surface area contributed by atoms with Crippen LogP contribution < -0.4 is 0 Å². The van der Waals surface area contributed by atoms with Crippen molar-refractivity contribution < 1.29 is 20.2 Å². The third kappa shape index (κ3) is 7.99. The van der Waals surface area contributed by atoms with Crippen molar-refractivity contribution in [2.45, 2.75) is 3.93 Å². The van der Waals surface area contributed by atoms with E-state index in [1.54, 1.807) is 0 Å². The summed E-state index contributed by atoms with van der Waals surface area (Å²) in [5.41, 5.74) is 0. The Bertz CT molecular complexity index is 69.3. The zero-order chi connectivity index (χ0) is 5.70. The molecule has 0 N–H and O–H groups in total. The van der Waals surface area contributed by atoms with Crippen LogP contribution in [0.1, 0.15) is 0 Å². The third-order valence-electron chi connectivity index (χ3n) is 0.408. The first-order chi connectivity index (χ1) is 3.27. The van der Waals surface area contributed by atoms with E-state index in [0.29, 0.717) is 4.49 Å². The van der Waals surface area contributed by atoms with Crippen molar-refractivity contribution in [1.29, 1.82) is 0 Å². The SMILES string of the molecule is ClC(Cl)=C[CH2][Hg][I]. The minimum atomic E-state index is -0.489. The van der Waals surface area contributed by atoms with Crippen LogP contribution in [-0.2, 0) is 20.2 Å². The van der Waals surface area contributed by atoms with Crippen molar-refractivity contribution in [1.82, 2.24) is 0 Å². The fourth-order valence-corrected chi connectivity index (χ4v) is 6.08. The Balaban J connectivity index is 3.08. The van der Waals surface area contributed by atoms with Gasteiger partial charge in [-0.2, -0.15) is 0 Å². The normalized spacial score (nSPS) is 7.29. The van der Waals surface area contributed by atoms with E-state index in [2.05, 4.69) is 17.7 Å². The molecule has 0 rings (SSSR count). The van der Waals surface area contributed by atoms with Gasteiger partial charge in [-0.25, -0.2) is 0 Å². The summed E-state index contributed by atoms with van der Waals surface area (Å²) in [7, 11) is 0. The van der Waals surface area contributed by atoms with Gasteiger partial charge < -0.3 is 0 Å². The maximum atomic E-state index is 5.32. The molecule has 0 saturated carbocycles. The van der Waals surface area contributed by atoms with E-state index in [-0.39, 0.29) is 0 Å². The van der Waals surface area contributed by atoms with E-state index in [4.69, 9.17) is 23.2 Å². The van der Waals surface area contributed by atoms with Crippen molar-refractivity contribution in [2.75, 3.05) is 0 Å². The van der Waals surface area contributed by atoms with Gasteiger partial charge in [-0.1, -0.05) is 0 Å². The van der Waals surface area contributed by atoms with E-state index in [0.717, 1.165) is 0 Å². The number of rotatable bonds is 2. The Labute approximate surface area is 74.4 Å². The van der Waals surface area contributed by atoms with Gasteiger partial charge in [0.05, 0.1) is 0 Å². The van der Waals surface area contributed by atoms with Crippen LogP contribution in [0.4, 0.5) is 0 Å². The van der Waals surface area contributed by atoms with Gasteiger partial charge in [0.2, 0.25) is 0 Å². The molecule has 0 nitrogen and oxygen atoms in total. The molecule has 0 amide bonds. The fourth-order valence-electron chi connectivity index (χ4n) is 0.164. The summed E-state index contributed by atoms with van der Waals surface area (Å²) < 4.78 is 1.61. The number of halogens is 3. The van der Waals surface area contributed by atoms with Crippen molar-refractivity contribution in [2.24, 2.45) is 0 Å². The molecule has 0 unspecified atom stereocenters. The van der Waals surface area contributed by atoms with Crippen LogP contribution in [0, 0.1) is 0 Å². The summed E-state index contributed by atoms with van der Waals surface area (Å²) >= 11 is 12.6. The van der Waals surface area contributed by atoms with Crippen LogP contribution in [0.15, 0.2) is 10.6 Å². The molecule has 38 valence electrons. The molecule has 0 bridgehead atoms. The van der Waals surface area contributed by atoms with Crippen LogP contribution in [0.2, 0.25) is 3.93 Å². The van der Waals surface area contributed by atoms with E-state index in [1.807, 2.05) is 6.08 Å². The Morgan fingerprint density at radius 2 is 2.29 bits per heavy atom. The molecule has 4 heteroatoms. The van der Waals surface area contributed by atoms with Gasteiger partial charge in [0.15, 0.2) is 0 Å². The first kappa shape index (κ1) is 8.99. The maximum absolute atomic E-state index is 5.32. The average Bonchev–Trinajstić information content (AvgIpc) is 1.61. The number of hydrogen-bond acceptors (Lipinski definition) is 0. The molecule has 0 aromatic rings. The molecule has 0 fully saturated rings. The Morgan fingerprint density at radius 1 is 1.71 bits per heavy atom. The van der Waals surface area contributed by atoms with Crippen molar-refractivity contribution in [3.05, 3.63) is 10.6 Å². The van der Waals surface area contributed by atoms with Crippen LogP contribution in [0.25, 0.3) is 0 Å². The zero-order valence-corrected chi connectivity index (χ0v) is 12.8. The van der Waals surface area contributed by atoms with Crippen molar-refractivity contribution in [3.8, 4) is 0 Å². The summed E-state index contributed by atoms with van der Waals surface area (Å²) in [6.07, 6.45) is 1.89. The van der Waals surface area contributed by atoms with Gasteiger partial charge in [-0.15, -0.1) is 0 Å². The monoisotopic (exact) mass is 438 g/mol. The van der Waals surface area contributed by atoms with Gasteiger partial charge in [0, 0.05) is 0 Å². The summed E-state index contributed by atoms with van der Waals surface area (Å²) in [5.74, 6) is 0. The molecule has 0 atom stereocenters. The fraction of sp³-hybridized carbons (Fsp3) is 0.333. The molecule has 0 spiro atoms. The molecule has 0 aliphatic carbocycles. The molecule has 7 heavy (non-hydrogen) atoms. The predicted octanol–water partition coefficient (Wildman–Crippen LogP) is 3.16. The number of allylic oxidation sites excluding steroid dienone is 1. The van der Waals surface area contributed by atoms with Gasteiger partial charge in [0.1, 0.15) is 0 Å². The average molecular weight is 437 g/mol. The molecule has 0 saturated heterocycles. The van der Waals surface area contributed by atoms with E-state index < -0.39 is 20.2 Å². The first-order valence-corrected chi connectivity index (χ1v) is 22.0. The van der Waals surface area contributed by atoms with Crippen LogP contribution in [-0.4, -0.2) is 0 Å². The first-order valence-electron chi connectivity index (χ1n) is 1.84. The summed E-state index contributed by atoms with van der Waals surface area (Å²) in [4.78, 5) is 0. The van der Waals surface area contributed by atoms with Gasteiger partial charge in [-0.3, -0.25) is 0 Å². The summed E-state index contributed by atoms with van der Waals surface area (Å²) in [5, 5.41) is 0. The predicted molar refractivity (Wildman–Crippen MR) is 38.6 cm³/mol. The molecule has 0 radical (unpaired) electrons. The molecule has 0 heterocycles. The van der Waals surface area contributed by atoms with Crippen LogP contribution in [0.5, 0.6) is 0 Å². The Kier molecular flexibility index (Phi) is 7.84. The van der Waals surface area contributed by atoms with Crippen LogP contribution in [0.3, 0.4) is 0 Å². The van der Waals surface area contributed by atoms with E-state index >= 15 is 0 Å². The van der Waals surface area contributed by atoms with Gasteiger partial charge in [-0.05, 0) is 0 Å². The molecule has 0 aromatic carbocycles. The van der Waals surface area contributed by atoms with Crippen molar-refractivity contribution >= 4 is 40.9 Å². The standard InChI is InChI=1S/C3H3Cl2.Hg.HI/c1-2-3(4)5;;/h2H,1H2;;1H/q;+1;/p-1. The second kappa shape index (κ2) is 6.11. The minimum absolute atomic E-state index is 0.427. The number of hydrogen-bond donors (Lipinski definition) is 0. The van der Waals surface area contributed by atoms with Gasteiger partial charge >= 0.3 is 75.6 Å². The van der Waals surface area contributed by atoms with Crippen LogP contribution >= 0.6 is 40.9 Å². The second-order valence-corrected chi connectivity index (χ2v) is 15.2. The third-order valence-corrected chi connectivity index (χ3v) is 8.15.